The number of hydrogen-bond donors (Lipinski definition) is 1. The number of nitrogens with zero attached hydrogens (tertiary/aromatic N) is 2. The number of carbonyl (C=O) groups excluding carboxylic acids is 1. The number of carbonyl (C=O) groups is 1. The van der Waals surface area contributed by atoms with E-state index in [2.05, 4.69) is 10.3 Å². The topological polar surface area (TPSA) is 79.4 Å². The van der Waals surface area contributed by atoms with E-state index in [4.69, 9.17) is 23.2 Å². The van der Waals surface area contributed by atoms with Crippen LogP contribution < -0.4 is 5.32 Å². The molecule has 6 nitrogen and oxygen atoms in total. The Morgan fingerprint density at radius 3 is 2.42 bits per heavy atom. The molecule has 2 aromatic carbocycles. The first-order chi connectivity index (χ1) is 15.7. The summed E-state index contributed by atoms with van der Waals surface area (Å²) >= 11 is 14.7. The van der Waals surface area contributed by atoms with Crippen LogP contribution in [0.1, 0.15) is 15.9 Å². The van der Waals surface area contributed by atoms with E-state index in [1.54, 1.807) is 11.4 Å². The van der Waals surface area contributed by atoms with Crippen molar-refractivity contribution in [1.82, 2.24) is 9.29 Å². The Balaban J connectivity index is 1.44. The summed E-state index contributed by atoms with van der Waals surface area (Å²) < 4.78 is 28.1. The second kappa shape index (κ2) is 9.92. The van der Waals surface area contributed by atoms with Gasteiger partial charge in [0, 0.05) is 30.1 Å². The van der Waals surface area contributed by atoms with Crippen LogP contribution in [0.15, 0.2) is 70.9 Å². The first-order valence-electron chi connectivity index (χ1n) is 9.56. The first kappa shape index (κ1) is 23.9. The highest BCUT2D eigenvalue weighted by Gasteiger charge is 2.21. The average Bonchev–Trinajstić information content (AvgIpc) is 3.39. The van der Waals surface area contributed by atoms with Gasteiger partial charge in [0.2, 0.25) is 10.0 Å². The molecule has 0 saturated carbocycles. The summed E-state index contributed by atoms with van der Waals surface area (Å²) in [5, 5.41) is 4.90. The summed E-state index contributed by atoms with van der Waals surface area (Å²) in [7, 11) is -2.18. The standard InChI is InChI=1S/C22H17Cl2N3O3S3/c1-27(12-14-5-3-2-4-6-14)33(29,30)16-9-7-15(8-10-16)21(28)26-22-25-18(13-31-22)17-11-19(23)32-20(17)24/h2-11,13H,12H2,1H3,(H,25,26,28). The van der Waals surface area contributed by atoms with Gasteiger partial charge in [-0.25, -0.2) is 13.4 Å². The van der Waals surface area contributed by atoms with Crippen molar-refractivity contribution in [3.8, 4) is 11.3 Å². The summed E-state index contributed by atoms with van der Waals surface area (Å²) in [5.41, 5.74) is 2.52. The molecule has 4 aromatic rings. The van der Waals surface area contributed by atoms with E-state index in [0.29, 0.717) is 30.6 Å². The molecule has 0 aliphatic heterocycles. The molecular formula is C22H17Cl2N3O3S3. The Hall–Kier alpha value is -2.27. The van der Waals surface area contributed by atoms with Gasteiger partial charge in [0.25, 0.3) is 5.91 Å². The van der Waals surface area contributed by atoms with E-state index in [-0.39, 0.29) is 11.4 Å². The smallest absolute Gasteiger partial charge is 0.257 e. The highest BCUT2D eigenvalue weighted by molar-refractivity contribution is 7.89. The van der Waals surface area contributed by atoms with Crippen LogP contribution in [0, 0.1) is 0 Å². The summed E-state index contributed by atoms with van der Waals surface area (Å²) in [6.45, 7) is 0.247. The van der Waals surface area contributed by atoms with Gasteiger partial charge in [0.1, 0.15) is 4.34 Å². The van der Waals surface area contributed by atoms with Crippen molar-refractivity contribution in [3.05, 3.63) is 85.8 Å². The van der Waals surface area contributed by atoms with E-state index in [1.807, 2.05) is 30.3 Å². The molecule has 11 heteroatoms. The van der Waals surface area contributed by atoms with Gasteiger partial charge in [-0.1, -0.05) is 53.5 Å². The fourth-order valence-corrected chi connectivity index (χ4v) is 6.37. The van der Waals surface area contributed by atoms with Gasteiger partial charge in [0.05, 0.1) is 14.9 Å². The SMILES string of the molecule is CN(Cc1ccccc1)S(=O)(=O)c1ccc(C(=O)Nc2nc(-c3cc(Cl)sc3Cl)cs2)cc1. The van der Waals surface area contributed by atoms with E-state index in [9.17, 15) is 13.2 Å². The second-order valence-electron chi connectivity index (χ2n) is 7.00. The molecule has 1 amide bonds. The van der Waals surface area contributed by atoms with E-state index >= 15 is 0 Å². The Bertz CT molecular complexity index is 1390. The van der Waals surface area contributed by atoms with Crippen molar-refractivity contribution in [2.75, 3.05) is 12.4 Å². The lowest BCUT2D eigenvalue weighted by atomic mass is 10.2. The molecule has 0 aliphatic rings. The quantitative estimate of drug-likeness (QED) is 0.302. The molecule has 0 unspecified atom stereocenters. The number of thiophene rings is 1. The van der Waals surface area contributed by atoms with Crippen LogP contribution in [0.3, 0.4) is 0 Å². The number of rotatable bonds is 7. The number of hydrogen-bond acceptors (Lipinski definition) is 6. The van der Waals surface area contributed by atoms with Gasteiger partial charge >= 0.3 is 0 Å². The maximum absolute atomic E-state index is 12.9. The Morgan fingerprint density at radius 1 is 1.09 bits per heavy atom. The highest BCUT2D eigenvalue weighted by atomic mass is 35.5. The van der Waals surface area contributed by atoms with Crippen LogP contribution in [-0.2, 0) is 16.6 Å². The Morgan fingerprint density at radius 2 is 1.79 bits per heavy atom. The molecule has 2 aromatic heterocycles. The van der Waals surface area contributed by atoms with Crippen LogP contribution in [0.25, 0.3) is 11.3 Å². The van der Waals surface area contributed by atoms with Crippen molar-refractivity contribution in [3.63, 3.8) is 0 Å². The second-order valence-corrected chi connectivity index (χ2v) is 12.2. The minimum Gasteiger partial charge on any atom is -0.298 e. The van der Waals surface area contributed by atoms with Gasteiger partial charge < -0.3 is 0 Å². The summed E-state index contributed by atoms with van der Waals surface area (Å²) in [6.07, 6.45) is 0. The predicted molar refractivity (Wildman–Crippen MR) is 135 cm³/mol. The van der Waals surface area contributed by atoms with Crippen LogP contribution in [0.4, 0.5) is 5.13 Å². The van der Waals surface area contributed by atoms with Crippen molar-refractivity contribution >= 4 is 66.9 Å². The Kier molecular flexibility index (Phi) is 7.18. The molecule has 0 aliphatic carbocycles. The molecule has 0 atom stereocenters. The monoisotopic (exact) mass is 537 g/mol. The third-order valence-electron chi connectivity index (χ3n) is 4.73. The van der Waals surface area contributed by atoms with Gasteiger partial charge in [-0.05, 0) is 35.9 Å². The zero-order chi connectivity index (χ0) is 23.6. The normalized spacial score (nSPS) is 11.6. The fourth-order valence-electron chi connectivity index (χ4n) is 3.02. The maximum atomic E-state index is 12.9. The molecule has 0 radical (unpaired) electrons. The van der Waals surface area contributed by atoms with Crippen molar-refractivity contribution in [2.24, 2.45) is 0 Å². The molecule has 170 valence electrons. The van der Waals surface area contributed by atoms with Crippen LogP contribution in [0.5, 0.6) is 0 Å². The molecule has 0 fully saturated rings. The van der Waals surface area contributed by atoms with E-state index in [0.717, 1.165) is 5.56 Å². The molecule has 1 N–H and O–H groups in total. The average molecular weight is 539 g/mol. The Labute approximate surface area is 209 Å². The third kappa shape index (κ3) is 5.46. The molecule has 0 saturated heterocycles. The predicted octanol–water partition coefficient (Wildman–Crippen LogP) is 6.25. The summed E-state index contributed by atoms with van der Waals surface area (Å²) in [4.78, 5) is 17.1. The lowest BCUT2D eigenvalue weighted by molar-refractivity contribution is 0.102. The summed E-state index contributed by atoms with van der Waals surface area (Å²) in [5.74, 6) is -0.396. The van der Waals surface area contributed by atoms with Crippen LogP contribution >= 0.6 is 45.9 Å². The van der Waals surface area contributed by atoms with Crippen LogP contribution in [0.2, 0.25) is 8.67 Å². The maximum Gasteiger partial charge on any atom is 0.257 e. The number of thiazole rings is 1. The largest absolute Gasteiger partial charge is 0.298 e. The zero-order valence-electron chi connectivity index (χ0n) is 17.2. The van der Waals surface area contributed by atoms with E-state index < -0.39 is 15.9 Å². The highest BCUT2D eigenvalue weighted by Crippen LogP contribution is 2.39. The lowest BCUT2D eigenvalue weighted by Gasteiger charge is -2.17. The number of halogens is 2. The number of aromatic nitrogens is 1. The summed E-state index contributed by atoms with van der Waals surface area (Å²) in [6, 6.07) is 16.8. The molecular weight excluding hydrogens is 521 g/mol. The molecule has 2 heterocycles. The number of anilines is 1. The number of nitrogens with one attached hydrogen (secondary N) is 1. The van der Waals surface area contributed by atoms with Gasteiger partial charge in [-0.3, -0.25) is 10.1 Å². The van der Waals surface area contributed by atoms with Gasteiger partial charge in [-0.15, -0.1) is 22.7 Å². The van der Waals surface area contributed by atoms with Gasteiger partial charge in [0.15, 0.2) is 5.13 Å². The molecule has 0 spiro atoms. The first-order valence-corrected chi connectivity index (χ1v) is 13.5. The van der Waals surface area contributed by atoms with Crippen molar-refractivity contribution in [2.45, 2.75) is 11.4 Å². The molecule has 4 rings (SSSR count). The minimum atomic E-state index is -3.70. The van der Waals surface area contributed by atoms with Crippen LogP contribution in [-0.4, -0.2) is 30.7 Å². The number of sulfonamides is 1. The van der Waals surface area contributed by atoms with Gasteiger partial charge in [-0.2, -0.15) is 4.31 Å². The van der Waals surface area contributed by atoms with Crippen molar-refractivity contribution < 1.29 is 13.2 Å². The minimum absolute atomic E-state index is 0.109. The van der Waals surface area contributed by atoms with Crippen molar-refractivity contribution in [1.29, 1.82) is 0 Å². The lowest BCUT2D eigenvalue weighted by Crippen LogP contribution is -2.26. The number of benzene rings is 2. The third-order valence-corrected chi connectivity index (χ3v) is 8.79. The molecule has 33 heavy (non-hydrogen) atoms. The fraction of sp³-hybridized carbons (Fsp3) is 0.0909. The number of amides is 1. The zero-order valence-corrected chi connectivity index (χ0v) is 21.1. The van der Waals surface area contributed by atoms with E-state index in [1.165, 1.54) is 58.3 Å². The molecule has 0 bridgehead atoms.